The Bertz CT molecular complexity index is 365. The normalized spacial score (nSPS) is 5.74. The van der Waals surface area contributed by atoms with Gasteiger partial charge in [-0.05, 0) is 6.92 Å². The fourth-order valence-electron chi connectivity index (χ4n) is 0.174. The number of halogens is 2. The molecule has 0 aromatic rings. The molecule has 0 bridgehead atoms. The molecule has 3 radical (unpaired) electrons. The van der Waals surface area contributed by atoms with E-state index in [0.29, 0.717) is 0 Å². The predicted molar refractivity (Wildman–Crippen MR) is 60.8 cm³/mol. The Hall–Kier alpha value is 1.46. The molecule has 0 rings (SSSR count). The van der Waals surface area contributed by atoms with Gasteiger partial charge in [-0.15, -0.1) is 38.6 Å². The molecule has 0 spiro atoms. The van der Waals surface area contributed by atoms with Gasteiger partial charge in [0.1, 0.15) is 0 Å². The molecule has 0 aliphatic heterocycles. The molecule has 0 atom stereocenters. The number of ether oxygens (including phenoxy) is 1. The third-order valence-electron chi connectivity index (χ3n) is 0.445. The van der Waals surface area contributed by atoms with Crippen LogP contribution in [0.1, 0.15) is 8.35 Å². The Kier molecular flexibility index (Phi) is 107. The van der Waals surface area contributed by atoms with Gasteiger partial charge < -0.3 is 20.1 Å². The maximum atomic E-state index is 11.0. The zero-order valence-corrected chi connectivity index (χ0v) is 20.6. The molecule has 9 nitrogen and oxygen atoms in total. The number of rotatable bonds is 3. The van der Waals surface area contributed by atoms with E-state index in [0.717, 1.165) is 0 Å². The summed E-state index contributed by atoms with van der Waals surface area (Å²) in [6, 6.07) is 0. The van der Waals surface area contributed by atoms with E-state index in [4.69, 9.17) is 30.4 Å². The third-order valence-corrected chi connectivity index (χ3v) is 0.445. The largest absolute Gasteiger partial charge is 1.00 e. The van der Waals surface area contributed by atoms with Gasteiger partial charge in [0, 0.05) is 8.41 Å². The van der Waals surface area contributed by atoms with Crippen LogP contribution in [0.25, 0.3) is 0 Å². The smallest absolute Gasteiger partial charge is 1.00 e. The third kappa shape index (κ3) is 194. The number of carbonyl (C=O) groups excluding carboxylic acids is 1. The van der Waals surface area contributed by atoms with Crippen LogP contribution < -0.4 is 88.7 Å². The maximum absolute atomic E-state index is 11.0. The standard InChI is InChI=1S/C4H6FO2.C2H4FO.B.3Na.2O3S.H/c1-2-7-4(6)3-5;3-1-2-4;;;;;2*1-4(2)3;/h3H,2H2,1H3;1,4H,2H2;;;;;;;/q2*-1;;3*+1;;;-1. The molecule has 0 aliphatic rings. The summed E-state index contributed by atoms with van der Waals surface area (Å²) in [6.45, 7) is 1.43. The molecule has 0 fully saturated rings. The molecule has 0 aromatic heterocycles. The van der Waals surface area contributed by atoms with E-state index in [1.54, 1.807) is 6.92 Å². The molecule has 0 aliphatic carbocycles. The topological polar surface area (TPSA) is 149 Å². The maximum Gasteiger partial charge on any atom is 1.00 e. The average Bonchev–Trinajstić information content (AvgIpc) is 2.28. The van der Waals surface area contributed by atoms with Crippen LogP contribution in [0.3, 0.4) is 0 Å². The van der Waals surface area contributed by atoms with Gasteiger partial charge in [-0.3, -0.25) is 4.79 Å². The fraction of sp³-hybridized carbons (Fsp3) is 0.500. The van der Waals surface area contributed by atoms with Gasteiger partial charge in [0.2, 0.25) is 0 Å². The van der Waals surface area contributed by atoms with Crippen LogP contribution in [-0.4, -0.2) is 58.0 Å². The van der Waals surface area contributed by atoms with E-state index >= 15 is 0 Å². The number of carbonyl (C=O) groups is 1. The summed E-state index contributed by atoms with van der Waals surface area (Å²) in [6.07, 6.45) is 0. The van der Waals surface area contributed by atoms with Crippen molar-refractivity contribution in [3.63, 3.8) is 0 Å². The van der Waals surface area contributed by atoms with Crippen LogP contribution >= 0.6 is 0 Å². The van der Waals surface area contributed by atoms with E-state index in [2.05, 4.69) is 4.74 Å². The molecule has 0 saturated heterocycles. The Balaban J connectivity index is -0.0000000172. The zero-order chi connectivity index (χ0) is 16.3. The molecular formula is C6H11BF2Na3O9S2. The molecule has 0 saturated carbocycles. The second-order valence-electron chi connectivity index (χ2n) is 1.61. The van der Waals surface area contributed by atoms with Crippen molar-refractivity contribution in [1.29, 1.82) is 0 Å². The number of hydrogen-bond donors (Lipinski definition) is 1. The summed E-state index contributed by atoms with van der Waals surface area (Å²) in [5.74, 6) is -0.914. The van der Waals surface area contributed by atoms with Crippen LogP contribution in [0.2, 0.25) is 0 Å². The minimum atomic E-state index is -3.11. The van der Waals surface area contributed by atoms with Gasteiger partial charge in [-0.25, -0.2) is 0 Å². The molecule has 17 heteroatoms. The first-order valence-electron chi connectivity index (χ1n) is 3.85. The number of esters is 1. The van der Waals surface area contributed by atoms with Crippen molar-refractivity contribution >= 4 is 35.6 Å². The van der Waals surface area contributed by atoms with E-state index in [9.17, 15) is 13.6 Å². The molecule has 23 heavy (non-hydrogen) atoms. The quantitative estimate of drug-likeness (QED) is 0.272. The minimum absolute atomic E-state index is 0. The van der Waals surface area contributed by atoms with Gasteiger partial charge in [0.25, 0.3) is 0 Å². The van der Waals surface area contributed by atoms with Crippen molar-refractivity contribution in [3.05, 3.63) is 13.3 Å². The van der Waals surface area contributed by atoms with Crippen molar-refractivity contribution in [3.8, 4) is 0 Å². The van der Waals surface area contributed by atoms with Crippen molar-refractivity contribution < 1.29 is 139 Å². The SMILES string of the molecule is CCOC(=O)[CH-]F.O=S(=O)=O.O=S(=O)=O.OC[CH-]F.[B].[H-].[Na+].[Na+].[Na+]. The van der Waals surface area contributed by atoms with Crippen molar-refractivity contribution in [2.24, 2.45) is 0 Å². The van der Waals surface area contributed by atoms with Crippen LogP contribution in [-0.2, 0) is 30.7 Å². The molecular weight excluding hydrogens is 398 g/mol. The van der Waals surface area contributed by atoms with Gasteiger partial charge in [-0.2, -0.15) is 0 Å². The van der Waals surface area contributed by atoms with Gasteiger partial charge in [0.15, 0.2) is 5.97 Å². The molecule has 1 N–H and O–H groups in total. The average molecular weight is 409 g/mol. The van der Waals surface area contributed by atoms with Crippen LogP contribution in [0, 0.1) is 13.3 Å². The number of hydrogen-bond acceptors (Lipinski definition) is 9. The van der Waals surface area contributed by atoms with Gasteiger partial charge in [-0.1, -0.05) is 6.61 Å². The summed E-state index contributed by atoms with van der Waals surface area (Å²) in [4.78, 5) is 9.76. The first-order chi connectivity index (χ1) is 8.69. The molecule has 0 heterocycles. The van der Waals surface area contributed by atoms with E-state index in [1.165, 1.54) is 0 Å². The Morgan fingerprint density at radius 3 is 1.30 bits per heavy atom. The number of aliphatic hydroxyl groups is 1. The summed E-state index contributed by atoms with van der Waals surface area (Å²) < 4.78 is 76.1. The second-order valence-corrected chi connectivity index (χ2v) is 2.42. The van der Waals surface area contributed by atoms with Crippen molar-refractivity contribution in [2.45, 2.75) is 6.92 Å². The minimum Gasteiger partial charge on any atom is -1.00 e. The molecule has 0 unspecified atom stereocenters. The Morgan fingerprint density at radius 1 is 1.04 bits per heavy atom. The first kappa shape index (κ1) is 49.7. The summed E-state index contributed by atoms with van der Waals surface area (Å²) in [7, 11) is -6.22. The van der Waals surface area contributed by atoms with Crippen molar-refractivity contribution in [2.75, 3.05) is 13.2 Å². The summed E-state index contributed by atoms with van der Waals surface area (Å²) in [5.41, 5.74) is 0. The van der Waals surface area contributed by atoms with Crippen molar-refractivity contribution in [1.82, 2.24) is 0 Å². The molecule has 0 aromatic carbocycles. The summed E-state index contributed by atoms with van der Waals surface area (Å²) >= 11 is 0. The van der Waals surface area contributed by atoms with Gasteiger partial charge >= 0.3 is 110 Å². The van der Waals surface area contributed by atoms with E-state index in [1.807, 2.05) is 0 Å². The second kappa shape index (κ2) is 49.5. The Labute approximate surface area is 205 Å². The van der Waals surface area contributed by atoms with Gasteiger partial charge in [0.05, 0.1) is 6.61 Å². The summed E-state index contributed by atoms with van der Waals surface area (Å²) in [5, 5.41) is 7.44. The van der Waals surface area contributed by atoms with Crippen LogP contribution in [0.5, 0.6) is 0 Å². The molecule has 0 amide bonds. The van der Waals surface area contributed by atoms with E-state index in [-0.39, 0.29) is 118 Å². The predicted octanol–water partition coefficient (Wildman–Crippen LogP) is -10.5. The zero-order valence-electron chi connectivity index (χ0n) is 13.9. The fourth-order valence-corrected chi connectivity index (χ4v) is 0.174. The molecule has 121 valence electrons. The first-order valence-corrected chi connectivity index (χ1v) is 5.85. The Morgan fingerprint density at radius 2 is 1.26 bits per heavy atom. The van der Waals surface area contributed by atoms with Crippen LogP contribution in [0.15, 0.2) is 0 Å². The van der Waals surface area contributed by atoms with E-state index < -0.39 is 33.8 Å². The monoisotopic (exact) mass is 409 g/mol. The number of aliphatic hydroxyl groups excluding tert-OH is 1. The van der Waals surface area contributed by atoms with Crippen LogP contribution in [0.4, 0.5) is 8.78 Å².